The molecule has 0 heterocycles. The van der Waals surface area contributed by atoms with Gasteiger partial charge in [-0.05, 0) is 55.1 Å². The summed E-state index contributed by atoms with van der Waals surface area (Å²) in [4.78, 5) is 12.8. The van der Waals surface area contributed by atoms with Crippen LogP contribution in [-0.2, 0) is 11.3 Å². The molecule has 0 amide bonds. The maximum absolute atomic E-state index is 11.5. The number of hydrogen-bond donors (Lipinski definition) is 0. The third-order valence-corrected chi connectivity index (χ3v) is 3.67. The van der Waals surface area contributed by atoms with Crippen molar-refractivity contribution in [2.75, 3.05) is 12.9 Å². The first-order valence-corrected chi connectivity index (χ1v) is 7.98. The number of thioether (sulfide) groups is 1. The Bertz CT molecular complexity index is 576. The molecule has 0 radical (unpaired) electrons. The number of carbonyl (C=O) groups is 1. The molecule has 110 valence electrons. The van der Waals surface area contributed by atoms with Gasteiger partial charge < -0.3 is 9.47 Å². The van der Waals surface area contributed by atoms with Gasteiger partial charge in [0.15, 0.2) is 0 Å². The number of esters is 1. The second-order valence-corrected chi connectivity index (χ2v) is 5.26. The average Bonchev–Trinajstić information content (AvgIpc) is 2.54. The van der Waals surface area contributed by atoms with Crippen molar-refractivity contribution in [3.8, 4) is 5.75 Å². The van der Waals surface area contributed by atoms with Crippen LogP contribution in [0.15, 0.2) is 53.4 Å². The van der Waals surface area contributed by atoms with Gasteiger partial charge in [-0.25, -0.2) is 4.79 Å². The van der Waals surface area contributed by atoms with Crippen LogP contribution in [0.25, 0.3) is 0 Å². The van der Waals surface area contributed by atoms with Gasteiger partial charge in [-0.3, -0.25) is 0 Å². The van der Waals surface area contributed by atoms with E-state index in [4.69, 9.17) is 9.47 Å². The monoisotopic (exact) mass is 302 g/mol. The lowest BCUT2D eigenvalue weighted by Crippen LogP contribution is -2.04. The molecule has 2 rings (SSSR count). The second kappa shape index (κ2) is 7.74. The Morgan fingerprint density at radius 3 is 2.29 bits per heavy atom. The van der Waals surface area contributed by atoms with Crippen molar-refractivity contribution in [2.24, 2.45) is 0 Å². The van der Waals surface area contributed by atoms with E-state index in [1.807, 2.05) is 0 Å². The molecule has 0 aromatic heterocycles. The van der Waals surface area contributed by atoms with Crippen molar-refractivity contribution < 1.29 is 14.3 Å². The highest BCUT2D eigenvalue weighted by molar-refractivity contribution is 7.98. The predicted octanol–water partition coefficient (Wildman–Crippen LogP) is 4.16. The maximum Gasteiger partial charge on any atom is 0.338 e. The summed E-state index contributed by atoms with van der Waals surface area (Å²) in [6.45, 7) is 2.67. The van der Waals surface area contributed by atoms with Crippen LogP contribution >= 0.6 is 11.8 Å². The van der Waals surface area contributed by atoms with Crippen LogP contribution in [0, 0.1) is 0 Å². The molecule has 0 atom stereocenters. The van der Waals surface area contributed by atoms with E-state index in [0.29, 0.717) is 18.8 Å². The number of rotatable bonds is 6. The SMILES string of the molecule is CCOC(=O)c1ccc(OCc2ccc(SC)cc2)cc1. The Hall–Kier alpha value is -1.94. The van der Waals surface area contributed by atoms with E-state index < -0.39 is 0 Å². The highest BCUT2D eigenvalue weighted by atomic mass is 32.2. The Morgan fingerprint density at radius 1 is 1.05 bits per heavy atom. The summed E-state index contributed by atoms with van der Waals surface area (Å²) in [5.41, 5.74) is 1.65. The van der Waals surface area contributed by atoms with Crippen LogP contribution < -0.4 is 4.74 Å². The Kier molecular flexibility index (Phi) is 5.69. The lowest BCUT2D eigenvalue weighted by Gasteiger charge is -2.08. The summed E-state index contributed by atoms with van der Waals surface area (Å²) in [5, 5.41) is 0. The quantitative estimate of drug-likeness (QED) is 0.593. The highest BCUT2D eigenvalue weighted by Gasteiger charge is 2.05. The van der Waals surface area contributed by atoms with Gasteiger partial charge in [-0.1, -0.05) is 12.1 Å². The zero-order chi connectivity index (χ0) is 15.1. The molecule has 0 fully saturated rings. The molecule has 3 nitrogen and oxygen atoms in total. The Balaban J connectivity index is 1.92. The Morgan fingerprint density at radius 2 is 1.71 bits per heavy atom. The largest absolute Gasteiger partial charge is 0.489 e. The molecule has 0 aliphatic carbocycles. The fourth-order valence-corrected chi connectivity index (χ4v) is 2.20. The van der Waals surface area contributed by atoms with E-state index >= 15 is 0 Å². The molecule has 21 heavy (non-hydrogen) atoms. The molecule has 0 spiro atoms. The lowest BCUT2D eigenvalue weighted by atomic mass is 10.2. The molecule has 0 saturated carbocycles. The second-order valence-electron chi connectivity index (χ2n) is 4.38. The molecule has 0 aliphatic rings. The molecule has 2 aromatic carbocycles. The summed E-state index contributed by atoms with van der Waals surface area (Å²) in [6, 6.07) is 15.2. The minimum Gasteiger partial charge on any atom is -0.489 e. The minimum atomic E-state index is -0.309. The van der Waals surface area contributed by atoms with Crippen LogP contribution in [-0.4, -0.2) is 18.8 Å². The summed E-state index contributed by atoms with van der Waals surface area (Å²) in [7, 11) is 0. The zero-order valence-corrected chi connectivity index (χ0v) is 13.0. The third kappa shape index (κ3) is 4.53. The van der Waals surface area contributed by atoms with Gasteiger partial charge in [-0.2, -0.15) is 0 Å². The molecule has 0 aliphatic heterocycles. The molecular weight excluding hydrogens is 284 g/mol. The first-order valence-electron chi connectivity index (χ1n) is 6.76. The summed E-state index contributed by atoms with van der Waals surface area (Å²) in [6.07, 6.45) is 2.05. The fraction of sp³-hybridized carbons (Fsp3) is 0.235. The van der Waals surface area contributed by atoms with Crippen molar-refractivity contribution in [1.82, 2.24) is 0 Å². The summed E-state index contributed by atoms with van der Waals surface area (Å²) in [5.74, 6) is 0.425. The van der Waals surface area contributed by atoms with Gasteiger partial charge in [0.2, 0.25) is 0 Å². The number of benzene rings is 2. The molecule has 0 N–H and O–H groups in total. The zero-order valence-electron chi connectivity index (χ0n) is 12.2. The topological polar surface area (TPSA) is 35.5 Å². The molecular formula is C17H18O3S. The van der Waals surface area contributed by atoms with Gasteiger partial charge in [0, 0.05) is 4.90 Å². The number of hydrogen-bond acceptors (Lipinski definition) is 4. The van der Waals surface area contributed by atoms with Crippen LogP contribution in [0.2, 0.25) is 0 Å². The highest BCUT2D eigenvalue weighted by Crippen LogP contribution is 2.17. The van der Waals surface area contributed by atoms with E-state index in [1.165, 1.54) is 4.90 Å². The first kappa shape index (κ1) is 15.4. The summed E-state index contributed by atoms with van der Waals surface area (Å²) >= 11 is 1.72. The van der Waals surface area contributed by atoms with E-state index in [9.17, 15) is 4.79 Å². The summed E-state index contributed by atoms with van der Waals surface area (Å²) < 4.78 is 10.6. The Labute approximate surface area is 129 Å². The van der Waals surface area contributed by atoms with Crippen molar-refractivity contribution in [1.29, 1.82) is 0 Å². The van der Waals surface area contributed by atoms with Gasteiger partial charge in [0.1, 0.15) is 12.4 Å². The number of carbonyl (C=O) groups excluding carboxylic acids is 1. The molecule has 0 bridgehead atoms. The van der Waals surface area contributed by atoms with E-state index in [0.717, 1.165) is 11.3 Å². The van der Waals surface area contributed by atoms with Gasteiger partial charge in [0.25, 0.3) is 0 Å². The van der Waals surface area contributed by atoms with Crippen molar-refractivity contribution >= 4 is 17.7 Å². The van der Waals surface area contributed by atoms with E-state index in [2.05, 4.69) is 30.5 Å². The fourth-order valence-electron chi connectivity index (χ4n) is 1.79. The van der Waals surface area contributed by atoms with Crippen molar-refractivity contribution in [3.63, 3.8) is 0 Å². The van der Waals surface area contributed by atoms with Gasteiger partial charge >= 0.3 is 5.97 Å². The van der Waals surface area contributed by atoms with Crippen molar-refractivity contribution in [3.05, 3.63) is 59.7 Å². The molecule has 0 unspecified atom stereocenters. The van der Waals surface area contributed by atoms with Crippen LogP contribution in [0.3, 0.4) is 0 Å². The van der Waals surface area contributed by atoms with Crippen LogP contribution in [0.1, 0.15) is 22.8 Å². The first-order chi connectivity index (χ1) is 10.2. The average molecular weight is 302 g/mol. The molecule has 4 heteroatoms. The smallest absolute Gasteiger partial charge is 0.338 e. The normalized spacial score (nSPS) is 10.2. The van der Waals surface area contributed by atoms with E-state index in [1.54, 1.807) is 43.0 Å². The third-order valence-electron chi connectivity index (χ3n) is 2.93. The van der Waals surface area contributed by atoms with Crippen LogP contribution in [0.5, 0.6) is 5.75 Å². The van der Waals surface area contributed by atoms with Gasteiger partial charge in [-0.15, -0.1) is 11.8 Å². The molecule has 0 saturated heterocycles. The van der Waals surface area contributed by atoms with Crippen molar-refractivity contribution in [2.45, 2.75) is 18.4 Å². The van der Waals surface area contributed by atoms with Crippen LogP contribution in [0.4, 0.5) is 0 Å². The van der Waals surface area contributed by atoms with Gasteiger partial charge in [0.05, 0.1) is 12.2 Å². The number of ether oxygens (including phenoxy) is 2. The van der Waals surface area contributed by atoms with E-state index in [-0.39, 0.29) is 5.97 Å². The minimum absolute atomic E-state index is 0.309. The predicted molar refractivity (Wildman–Crippen MR) is 85.0 cm³/mol. The molecule has 2 aromatic rings. The lowest BCUT2D eigenvalue weighted by molar-refractivity contribution is 0.0526. The maximum atomic E-state index is 11.5. The standard InChI is InChI=1S/C17H18O3S/c1-3-19-17(18)14-6-8-15(9-7-14)20-12-13-4-10-16(21-2)11-5-13/h4-11H,3,12H2,1-2H3.